The first-order valence-corrected chi connectivity index (χ1v) is 6.07. The molecule has 1 saturated heterocycles. The molecule has 1 aliphatic rings. The minimum absolute atomic E-state index is 0.586. The first kappa shape index (κ1) is 13.1. The third-order valence-corrected chi connectivity index (χ3v) is 3.09. The Bertz CT molecular complexity index is 503. The van der Waals surface area contributed by atoms with Gasteiger partial charge in [0.15, 0.2) is 6.19 Å². The Balaban J connectivity index is 2.19. The molecule has 1 aromatic rings. The zero-order valence-electron chi connectivity index (χ0n) is 11.1. The van der Waals surface area contributed by atoms with E-state index in [0.717, 1.165) is 25.3 Å². The van der Waals surface area contributed by atoms with Gasteiger partial charge in [-0.2, -0.15) is 5.26 Å². The molecular formula is C12H16N6O. The van der Waals surface area contributed by atoms with Gasteiger partial charge in [0.2, 0.25) is 6.41 Å². The van der Waals surface area contributed by atoms with Gasteiger partial charge < -0.3 is 9.80 Å². The van der Waals surface area contributed by atoms with E-state index < -0.39 is 0 Å². The molecule has 100 valence electrons. The highest BCUT2D eigenvalue weighted by atomic mass is 16.1. The SMILES string of the molecule is Cc1nc(N(C)C#N)cc(N2CCN(C=O)CC2)n1. The third-order valence-electron chi connectivity index (χ3n) is 3.09. The standard InChI is InChI=1S/C12H16N6O/c1-10-14-11(16(2)8-13)7-12(15-10)18-5-3-17(9-19)4-6-18/h7,9H,3-6H2,1-2H3. The molecule has 0 aliphatic carbocycles. The summed E-state index contributed by atoms with van der Waals surface area (Å²) in [5.41, 5.74) is 0. The van der Waals surface area contributed by atoms with E-state index in [-0.39, 0.29) is 0 Å². The fourth-order valence-corrected chi connectivity index (χ4v) is 1.98. The molecule has 0 aromatic carbocycles. The van der Waals surface area contributed by atoms with E-state index in [9.17, 15) is 4.79 Å². The van der Waals surface area contributed by atoms with Crippen molar-refractivity contribution in [1.82, 2.24) is 14.9 Å². The molecular weight excluding hydrogens is 244 g/mol. The molecule has 19 heavy (non-hydrogen) atoms. The summed E-state index contributed by atoms with van der Waals surface area (Å²) in [6, 6.07) is 1.80. The molecule has 2 rings (SSSR count). The number of carbonyl (C=O) groups is 1. The Morgan fingerprint density at radius 1 is 1.37 bits per heavy atom. The lowest BCUT2D eigenvalue weighted by Gasteiger charge is -2.33. The van der Waals surface area contributed by atoms with E-state index in [1.165, 1.54) is 4.90 Å². The van der Waals surface area contributed by atoms with E-state index in [0.29, 0.717) is 24.7 Å². The first-order valence-electron chi connectivity index (χ1n) is 6.07. The molecule has 1 aromatic heterocycles. The van der Waals surface area contributed by atoms with Gasteiger partial charge in [-0.05, 0) is 6.92 Å². The fourth-order valence-electron chi connectivity index (χ4n) is 1.98. The molecule has 0 spiro atoms. The van der Waals surface area contributed by atoms with Gasteiger partial charge in [-0.1, -0.05) is 0 Å². The molecule has 0 atom stereocenters. The first-order chi connectivity index (χ1) is 9.13. The molecule has 7 nitrogen and oxygen atoms in total. The van der Waals surface area contributed by atoms with Crippen LogP contribution in [-0.2, 0) is 4.79 Å². The molecule has 1 amide bonds. The van der Waals surface area contributed by atoms with Crippen LogP contribution in [0.5, 0.6) is 0 Å². The van der Waals surface area contributed by atoms with Crippen LogP contribution in [0.25, 0.3) is 0 Å². The second kappa shape index (κ2) is 5.52. The van der Waals surface area contributed by atoms with Crippen molar-refractivity contribution in [3.63, 3.8) is 0 Å². The second-order valence-corrected chi connectivity index (χ2v) is 4.42. The molecule has 2 heterocycles. The molecule has 0 unspecified atom stereocenters. The summed E-state index contributed by atoms with van der Waals surface area (Å²) in [5, 5.41) is 8.90. The van der Waals surface area contributed by atoms with Crippen molar-refractivity contribution in [3.05, 3.63) is 11.9 Å². The predicted molar refractivity (Wildman–Crippen MR) is 70.6 cm³/mol. The van der Waals surface area contributed by atoms with Crippen molar-refractivity contribution in [1.29, 1.82) is 5.26 Å². The lowest BCUT2D eigenvalue weighted by Crippen LogP contribution is -2.46. The van der Waals surface area contributed by atoms with Crippen molar-refractivity contribution in [2.45, 2.75) is 6.92 Å². The van der Waals surface area contributed by atoms with E-state index in [1.807, 2.05) is 6.19 Å². The highest BCUT2D eigenvalue weighted by Crippen LogP contribution is 2.19. The summed E-state index contributed by atoms with van der Waals surface area (Å²) in [6.07, 6.45) is 2.90. The summed E-state index contributed by atoms with van der Waals surface area (Å²) in [6.45, 7) is 4.67. The van der Waals surface area contributed by atoms with E-state index in [1.54, 1.807) is 24.9 Å². The van der Waals surface area contributed by atoms with Crippen LogP contribution in [0.1, 0.15) is 5.82 Å². The summed E-state index contributed by atoms with van der Waals surface area (Å²) in [4.78, 5) is 24.6. The summed E-state index contributed by atoms with van der Waals surface area (Å²) in [7, 11) is 1.66. The summed E-state index contributed by atoms with van der Waals surface area (Å²) in [5.74, 6) is 2.02. The van der Waals surface area contributed by atoms with Crippen LogP contribution in [0.3, 0.4) is 0 Å². The number of nitriles is 1. The zero-order chi connectivity index (χ0) is 13.8. The predicted octanol–water partition coefficient (Wildman–Crippen LogP) is -0.0193. The van der Waals surface area contributed by atoms with E-state index >= 15 is 0 Å². The molecule has 0 radical (unpaired) electrons. The Morgan fingerprint density at radius 3 is 2.63 bits per heavy atom. The number of rotatable bonds is 3. The average molecular weight is 260 g/mol. The number of carbonyl (C=O) groups excluding carboxylic acids is 1. The Morgan fingerprint density at radius 2 is 2.05 bits per heavy atom. The Labute approximate surface area is 112 Å². The molecule has 1 aliphatic heterocycles. The van der Waals surface area contributed by atoms with Crippen molar-refractivity contribution >= 4 is 18.0 Å². The maximum absolute atomic E-state index is 10.7. The quantitative estimate of drug-likeness (QED) is 0.432. The lowest BCUT2D eigenvalue weighted by atomic mass is 10.3. The van der Waals surface area contributed by atoms with Crippen LogP contribution in [0, 0.1) is 18.4 Å². The van der Waals surface area contributed by atoms with Gasteiger partial charge in [-0.3, -0.25) is 9.69 Å². The van der Waals surface area contributed by atoms with E-state index in [2.05, 4.69) is 14.9 Å². The number of nitrogens with zero attached hydrogens (tertiary/aromatic N) is 6. The van der Waals surface area contributed by atoms with Crippen LogP contribution >= 0.6 is 0 Å². The minimum atomic E-state index is 0.586. The number of amides is 1. The van der Waals surface area contributed by atoms with Gasteiger partial charge >= 0.3 is 0 Å². The topological polar surface area (TPSA) is 76.4 Å². The van der Waals surface area contributed by atoms with Crippen molar-refractivity contribution in [3.8, 4) is 6.19 Å². The number of aryl methyl sites for hydroxylation is 1. The van der Waals surface area contributed by atoms with Gasteiger partial charge in [0, 0.05) is 39.3 Å². The number of anilines is 2. The third kappa shape index (κ3) is 2.91. The lowest BCUT2D eigenvalue weighted by molar-refractivity contribution is -0.118. The largest absolute Gasteiger partial charge is 0.353 e. The minimum Gasteiger partial charge on any atom is -0.353 e. The maximum Gasteiger partial charge on any atom is 0.209 e. The smallest absolute Gasteiger partial charge is 0.209 e. The monoisotopic (exact) mass is 260 g/mol. The Hall–Kier alpha value is -2.36. The van der Waals surface area contributed by atoms with Gasteiger partial charge in [0.1, 0.15) is 17.5 Å². The molecule has 0 N–H and O–H groups in total. The highest BCUT2D eigenvalue weighted by molar-refractivity contribution is 5.54. The van der Waals surface area contributed by atoms with Crippen LogP contribution in [0.15, 0.2) is 6.07 Å². The number of hydrogen-bond acceptors (Lipinski definition) is 6. The van der Waals surface area contributed by atoms with Crippen molar-refractivity contribution < 1.29 is 4.79 Å². The number of aromatic nitrogens is 2. The van der Waals surface area contributed by atoms with E-state index in [4.69, 9.17) is 5.26 Å². The Kier molecular flexibility index (Phi) is 3.80. The summed E-state index contributed by atoms with van der Waals surface area (Å²) >= 11 is 0. The molecule has 1 fully saturated rings. The fraction of sp³-hybridized carbons (Fsp3) is 0.500. The van der Waals surface area contributed by atoms with Crippen LogP contribution in [0.2, 0.25) is 0 Å². The van der Waals surface area contributed by atoms with Crippen molar-refractivity contribution in [2.24, 2.45) is 0 Å². The molecule has 0 saturated carbocycles. The van der Waals surface area contributed by atoms with Gasteiger partial charge in [-0.15, -0.1) is 0 Å². The van der Waals surface area contributed by atoms with Crippen molar-refractivity contribution in [2.75, 3.05) is 43.0 Å². The number of hydrogen-bond donors (Lipinski definition) is 0. The summed E-state index contributed by atoms with van der Waals surface area (Å²) < 4.78 is 0. The van der Waals surface area contributed by atoms with Gasteiger partial charge in [0.05, 0.1) is 0 Å². The van der Waals surface area contributed by atoms with Gasteiger partial charge in [0.25, 0.3) is 0 Å². The average Bonchev–Trinajstić information content (AvgIpc) is 2.45. The second-order valence-electron chi connectivity index (χ2n) is 4.42. The number of piperazine rings is 1. The zero-order valence-corrected chi connectivity index (χ0v) is 11.1. The normalized spacial score (nSPS) is 15.0. The highest BCUT2D eigenvalue weighted by Gasteiger charge is 2.18. The van der Waals surface area contributed by atoms with Crippen LogP contribution in [-0.4, -0.2) is 54.5 Å². The maximum atomic E-state index is 10.7. The van der Waals surface area contributed by atoms with Crippen LogP contribution in [0.4, 0.5) is 11.6 Å². The molecule has 7 heteroatoms. The van der Waals surface area contributed by atoms with Crippen LogP contribution < -0.4 is 9.80 Å². The van der Waals surface area contributed by atoms with Gasteiger partial charge in [-0.25, -0.2) is 9.97 Å². The molecule has 0 bridgehead atoms.